The summed E-state index contributed by atoms with van der Waals surface area (Å²) in [5.74, 6) is 0.686. The molecule has 4 rings (SSSR count). The zero-order valence-corrected chi connectivity index (χ0v) is 18.8. The Balaban J connectivity index is 1.31. The summed E-state index contributed by atoms with van der Waals surface area (Å²) in [6.45, 7) is 2.23. The lowest BCUT2D eigenvalue weighted by Crippen LogP contribution is -2.51. The molecule has 0 radical (unpaired) electrons. The highest BCUT2D eigenvalue weighted by molar-refractivity contribution is 5.94. The van der Waals surface area contributed by atoms with Gasteiger partial charge in [-0.3, -0.25) is 4.79 Å². The van der Waals surface area contributed by atoms with E-state index in [-0.39, 0.29) is 11.9 Å². The van der Waals surface area contributed by atoms with Gasteiger partial charge in [0.15, 0.2) is 0 Å². The van der Waals surface area contributed by atoms with Crippen molar-refractivity contribution in [3.8, 4) is 11.8 Å². The number of nitriles is 1. The molecule has 1 saturated heterocycles. The Hall–Kier alpha value is -4.31. The lowest BCUT2D eigenvalue weighted by atomic mass is 10.1. The van der Waals surface area contributed by atoms with Gasteiger partial charge in [0.1, 0.15) is 12.4 Å². The van der Waals surface area contributed by atoms with Crippen LogP contribution < -0.4 is 10.1 Å². The molecule has 0 atom stereocenters. The molecular formula is C27H26N4O3. The van der Waals surface area contributed by atoms with E-state index in [4.69, 9.17) is 10.00 Å². The Kier molecular flexibility index (Phi) is 7.41. The van der Waals surface area contributed by atoms with Crippen molar-refractivity contribution in [2.24, 2.45) is 0 Å². The van der Waals surface area contributed by atoms with E-state index in [0.29, 0.717) is 56.2 Å². The lowest BCUT2D eigenvalue weighted by molar-refractivity contribution is 0.0671. The van der Waals surface area contributed by atoms with Gasteiger partial charge < -0.3 is 19.9 Å². The van der Waals surface area contributed by atoms with E-state index in [1.54, 1.807) is 21.9 Å². The first kappa shape index (κ1) is 22.9. The van der Waals surface area contributed by atoms with Gasteiger partial charge in [0.2, 0.25) is 0 Å². The van der Waals surface area contributed by atoms with Crippen LogP contribution >= 0.6 is 0 Å². The van der Waals surface area contributed by atoms with Gasteiger partial charge in [-0.25, -0.2) is 4.79 Å². The van der Waals surface area contributed by atoms with E-state index in [1.165, 1.54) is 0 Å². The van der Waals surface area contributed by atoms with E-state index in [1.807, 2.05) is 66.7 Å². The van der Waals surface area contributed by atoms with Crippen molar-refractivity contribution >= 4 is 17.6 Å². The van der Waals surface area contributed by atoms with Crippen LogP contribution in [0.3, 0.4) is 0 Å². The van der Waals surface area contributed by atoms with Crippen molar-refractivity contribution < 1.29 is 14.3 Å². The van der Waals surface area contributed by atoms with Gasteiger partial charge in [-0.2, -0.15) is 5.26 Å². The van der Waals surface area contributed by atoms with Crippen LogP contribution in [0.5, 0.6) is 5.75 Å². The number of hydrogen-bond donors (Lipinski definition) is 1. The van der Waals surface area contributed by atoms with Crippen LogP contribution in [0.15, 0.2) is 78.9 Å². The zero-order valence-electron chi connectivity index (χ0n) is 18.8. The number of piperazine rings is 1. The number of para-hydroxylation sites is 1. The number of amides is 3. The van der Waals surface area contributed by atoms with Gasteiger partial charge in [-0.15, -0.1) is 0 Å². The first-order valence-electron chi connectivity index (χ1n) is 11.2. The highest BCUT2D eigenvalue weighted by Crippen LogP contribution is 2.20. The highest BCUT2D eigenvalue weighted by Gasteiger charge is 2.25. The summed E-state index contributed by atoms with van der Waals surface area (Å²) < 4.78 is 5.88. The average molecular weight is 455 g/mol. The average Bonchev–Trinajstić information content (AvgIpc) is 2.89. The largest absolute Gasteiger partial charge is 0.489 e. The summed E-state index contributed by atoms with van der Waals surface area (Å²) >= 11 is 0. The predicted molar refractivity (Wildman–Crippen MR) is 129 cm³/mol. The Bertz CT molecular complexity index is 1160. The first-order chi connectivity index (χ1) is 16.6. The number of ether oxygens (including phenoxy) is 1. The van der Waals surface area contributed by atoms with Crippen LogP contribution in [-0.2, 0) is 13.0 Å². The second kappa shape index (κ2) is 11.0. The van der Waals surface area contributed by atoms with E-state index in [0.717, 1.165) is 11.1 Å². The quantitative estimate of drug-likeness (QED) is 0.601. The molecule has 0 saturated carbocycles. The second-order valence-electron chi connectivity index (χ2n) is 8.00. The van der Waals surface area contributed by atoms with E-state index < -0.39 is 0 Å². The van der Waals surface area contributed by atoms with Crippen molar-refractivity contribution in [1.29, 1.82) is 5.26 Å². The highest BCUT2D eigenvalue weighted by atomic mass is 16.5. The monoisotopic (exact) mass is 454 g/mol. The van der Waals surface area contributed by atoms with Crippen LogP contribution in [0.1, 0.15) is 21.5 Å². The molecule has 3 amide bonds. The topological polar surface area (TPSA) is 85.7 Å². The maximum Gasteiger partial charge on any atom is 0.321 e. The molecule has 3 aromatic carbocycles. The van der Waals surface area contributed by atoms with Crippen LogP contribution in [0, 0.1) is 11.3 Å². The normalized spacial score (nSPS) is 13.1. The number of rotatable bonds is 6. The molecule has 34 heavy (non-hydrogen) atoms. The van der Waals surface area contributed by atoms with Gasteiger partial charge in [-0.1, -0.05) is 48.5 Å². The number of nitrogens with zero attached hydrogens (tertiary/aromatic N) is 3. The second-order valence-corrected chi connectivity index (χ2v) is 8.00. The number of urea groups is 1. The molecule has 7 heteroatoms. The smallest absolute Gasteiger partial charge is 0.321 e. The summed E-state index contributed by atoms with van der Waals surface area (Å²) in [6, 6.07) is 26.1. The molecule has 0 aliphatic carbocycles. The van der Waals surface area contributed by atoms with E-state index >= 15 is 0 Å². The first-order valence-corrected chi connectivity index (χ1v) is 11.2. The van der Waals surface area contributed by atoms with Gasteiger partial charge in [0.05, 0.1) is 12.5 Å². The third-order valence-electron chi connectivity index (χ3n) is 5.73. The molecule has 0 unspecified atom stereocenters. The summed E-state index contributed by atoms with van der Waals surface area (Å²) in [4.78, 5) is 29.0. The molecule has 1 fully saturated rings. The Morgan fingerprint density at radius 2 is 1.50 bits per heavy atom. The van der Waals surface area contributed by atoms with Crippen LogP contribution in [0.2, 0.25) is 0 Å². The molecule has 0 aromatic heterocycles. The summed E-state index contributed by atoms with van der Waals surface area (Å²) in [6.07, 6.45) is 0.365. The number of benzene rings is 3. The van der Waals surface area contributed by atoms with Gasteiger partial charge in [-0.05, 0) is 35.9 Å². The third-order valence-corrected chi connectivity index (χ3v) is 5.73. The SMILES string of the molecule is N#CCc1ccc(OCc2ccccc2NC(=O)N2CCN(C(=O)c3ccccc3)CC2)cc1. The minimum atomic E-state index is -0.194. The maximum atomic E-state index is 12.9. The van der Waals surface area contributed by atoms with Gasteiger partial charge in [0.25, 0.3) is 5.91 Å². The fraction of sp³-hybridized carbons (Fsp3) is 0.222. The molecule has 7 nitrogen and oxygen atoms in total. The van der Waals surface area contributed by atoms with E-state index in [9.17, 15) is 9.59 Å². The molecule has 1 aliphatic heterocycles. The Labute approximate surface area is 199 Å². The van der Waals surface area contributed by atoms with Crippen LogP contribution in [0.4, 0.5) is 10.5 Å². The molecule has 0 bridgehead atoms. The summed E-state index contributed by atoms with van der Waals surface area (Å²) in [5.41, 5.74) is 3.15. The van der Waals surface area contributed by atoms with Crippen molar-refractivity contribution in [3.05, 3.63) is 95.6 Å². The number of carbonyl (C=O) groups excluding carboxylic acids is 2. The maximum absolute atomic E-state index is 12.9. The molecular weight excluding hydrogens is 428 g/mol. The molecule has 1 aliphatic rings. The molecule has 3 aromatic rings. The number of anilines is 1. The van der Waals surface area contributed by atoms with Gasteiger partial charge >= 0.3 is 6.03 Å². The van der Waals surface area contributed by atoms with Gasteiger partial charge in [0, 0.05) is 43.0 Å². The minimum Gasteiger partial charge on any atom is -0.489 e. The molecule has 1 N–H and O–H groups in total. The van der Waals surface area contributed by atoms with Crippen LogP contribution in [-0.4, -0.2) is 47.9 Å². The fourth-order valence-corrected chi connectivity index (χ4v) is 3.79. The van der Waals surface area contributed by atoms with E-state index in [2.05, 4.69) is 11.4 Å². The Morgan fingerprint density at radius 1 is 0.853 bits per heavy atom. The molecule has 1 heterocycles. The summed E-state index contributed by atoms with van der Waals surface area (Å²) in [7, 11) is 0. The lowest BCUT2D eigenvalue weighted by Gasteiger charge is -2.34. The fourth-order valence-electron chi connectivity index (χ4n) is 3.79. The summed E-state index contributed by atoms with van der Waals surface area (Å²) in [5, 5.41) is 11.8. The molecule has 172 valence electrons. The van der Waals surface area contributed by atoms with Crippen molar-refractivity contribution in [2.45, 2.75) is 13.0 Å². The number of hydrogen-bond acceptors (Lipinski definition) is 4. The minimum absolute atomic E-state index is 0.0104. The van der Waals surface area contributed by atoms with Crippen molar-refractivity contribution in [2.75, 3.05) is 31.5 Å². The number of nitrogens with one attached hydrogen (secondary N) is 1. The molecule has 0 spiro atoms. The Morgan fingerprint density at radius 3 is 2.21 bits per heavy atom. The number of carbonyl (C=O) groups is 2. The zero-order chi connectivity index (χ0) is 23.8. The van der Waals surface area contributed by atoms with Crippen molar-refractivity contribution in [3.63, 3.8) is 0 Å². The predicted octanol–water partition coefficient (Wildman–Crippen LogP) is 4.32. The van der Waals surface area contributed by atoms with Crippen LogP contribution in [0.25, 0.3) is 0 Å². The third kappa shape index (κ3) is 5.73. The standard InChI is InChI=1S/C27H26N4O3/c28-15-14-21-10-12-24(13-11-21)34-20-23-8-4-5-9-25(23)29-27(33)31-18-16-30(17-19-31)26(32)22-6-2-1-3-7-22/h1-13H,14,16-20H2,(H,29,33). The van der Waals surface area contributed by atoms with Crippen molar-refractivity contribution in [1.82, 2.24) is 9.80 Å².